The Bertz CT molecular complexity index is 880. The fraction of sp³-hybridized carbons (Fsp3) is 0.733. The molecule has 5 aliphatic rings. The average Bonchev–Trinajstić information content (AvgIpc) is 3.38. The van der Waals surface area contributed by atoms with Crippen molar-refractivity contribution < 1.29 is 9.47 Å². The minimum atomic E-state index is 0. The van der Waals surface area contributed by atoms with E-state index in [1.54, 1.807) is 5.57 Å². The van der Waals surface area contributed by atoms with Gasteiger partial charge < -0.3 is 19.3 Å². The molecule has 5 nitrogen and oxygen atoms in total. The van der Waals surface area contributed by atoms with E-state index in [4.69, 9.17) is 9.47 Å². The van der Waals surface area contributed by atoms with Crippen molar-refractivity contribution in [3.8, 4) is 0 Å². The zero-order valence-electron chi connectivity index (χ0n) is 22.1. The third kappa shape index (κ3) is 5.90. The number of benzene rings is 1. The fourth-order valence-electron chi connectivity index (χ4n) is 7.31. The molecule has 36 heavy (non-hydrogen) atoms. The maximum atomic E-state index is 5.63. The fourth-order valence-corrected chi connectivity index (χ4v) is 7.31. The lowest BCUT2D eigenvalue weighted by atomic mass is 9.72. The van der Waals surface area contributed by atoms with Crippen LogP contribution < -0.4 is 9.80 Å². The van der Waals surface area contributed by atoms with Crippen LogP contribution in [0.15, 0.2) is 24.3 Å². The normalized spacial score (nSPS) is 25.6. The minimum absolute atomic E-state index is 0. The van der Waals surface area contributed by atoms with Gasteiger partial charge in [0.05, 0.1) is 13.2 Å². The van der Waals surface area contributed by atoms with Crippen LogP contribution in [-0.4, -0.2) is 77.1 Å². The molecule has 6 heteroatoms. The van der Waals surface area contributed by atoms with Crippen molar-refractivity contribution in [1.29, 1.82) is 0 Å². The van der Waals surface area contributed by atoms with Gasteiger partial charge in [-0.2, -0.15) is 0 Å². The van der Waals surface area contributed by atoms with Crippen molar-refractivity contribution in [2.45, 2.75) is 57.8 Å². The Balaban J connectivity index is 0.00000267. The molecule has 0 amide bonds. The van der Waals surface area contributed by atoms with Gasteiger partial charge in [0, 0.05) is 76.0 Å². The van der Waals surface area contributed by atoms with E-state index in [9.17, 15) is 0 Å². The molecule has 3 saturated heterocycles. The molecule has 1 aromatic rings. The Morgan fingerprint density at radius 3 is 2.22 bits per heavy atom. The van der Waals surface area contributed by atoms with Gasteiger partial charge in [-0.15, -0.1) is 12.4 Å². The second-order valence-electron chi connectivity index (χ2n) is 11.8. The second-order valence-corrected chi connectivity index (χ2v) is 11.8. The highest BCUT2D eigenvalue weighted by atomic mass is 35.5. The standard InChI is InChI=1S/C30H45N3O2.ClH/c1-2-10-30(9-1)11-5-26(6-12-30)28-23-27(32-17-21-35-22-18-32)3-4-29(28)33-15-13-31(14-16-33)24-25-7-19-34-20-8-25;/h3-5,23,25H,1-2,6-22,24H2;1H. The number of morpholine rings is 1. The maximum absolute atomic E-state index is 5.63. The van der Waals surface area contributed by atoms with E-state index in [1.165, 1.54) is 94.4 Å². The number of hydrogen-bond acceptors (Lipinski definition) is 5. The van der Waals surface area contributed by atoms with E-state index in [2.05, 4.69) is 39.0 Å². The largest absolute Gasteiger partial charge is 0.381 e. The molecule has 200 valence electrons. The Morgan fingerprint density at radius 2 is 1.53 bits per heavy atom. The van der Waals surface area contributed by atoms with Crippen LogP contribution in [0.5, 0.6) is 0 Å². The third-order valence-electron chi connectivity index (χ3n) is 9.64. The van der Waals surface area contributed by atoms with Gasteiger partial charge in [-0.05, 0) is 80.1 Å². The number of nitrogens with zero attached hydrogens (tertiary/aromatic N) is 3. The lowest BCUT2D eigenvalue weighted by Gasteiger charge is -2.40. The van der Waals surface area contributed by atoms with Gasteiger partial charge in [0.1, 0.15) is 0 Å². The average molecular weight is 516 g/mol. The summed E-state index contributed by atoms with van der Waals surface area (Å²) in [7, 11) is 0. The number of allylic oxidation sites excluding steroid dienone is 2. The summed E-state index contributed by atoms with van der Waals surface area (Å²) in [5.41, 5.74) is 6.60. The Labute approximate surface area is 224 Å². The lowest BCUT2D eigenvalue weighted by molar-refractivity contribution is 0.0517. The highest BCUT2D eigenvalue weighted by Crippen LogP contribution is 2.50. The van der Waals surface area contributed by atoms with Crippen LogP contribution in [0.4, 0.5) is 11.4 Å². The summed E-state index contributed by atoms with van der Waals surface area (Å²) >= 11 is 0. The molecule has 4 fully saturated rings. The van der Waals surface area contributed by atoms with Crippen molar-refractivity contribution in [1.82, 2.24) is 4.90 Å². The Hall–Kier alpha value is -1.27. The van der Waals surface area contributed by atoms with Crippen LogP contribution in [0.2, 0.25) is 0 Å². The van der Waals surface area contributed by atoms with Crippen LogP contribution >= 0.6 is 12.4 Å². The highest BCUT2D eigenvalue weighted by molar-refractivity contribution is 5.85. The molecular formula is C30H46ClN3O2. The molecule has 0 unspecified atom stereocenters. The van der Waals surface area contributed by atoms with Gasteiger partial charge in [0.2, 0.25) is 0 Å². The lowest BCUT2D eigenvalue weighted by Crippen LogP contribution is -2.48. The summed E-state index contributed by atoms with van der Waals surface area (Å²) in [6, 6.07) is 7.34. The molecule has 0 aromatic heterocycles. The van der Waals surface area contributed by atoms with E-state index in [-0.39, 0.29) is 12.4 Å². The predicted octanol–water partition coefficient (Wildman–Crippen LogP) is 5.62. The number of anilines is 2. The summed E-state index contributed by atoms with van der Waals surface area (Å²) in [4.78, 5) is 7.90. The predicted molar refractivity (Wildman–Crippen MR) is 152 cm³/mol. The summed E-state index contributed by atoms with van der Waals surface area (Å²) < 4.78 is 11.2. The van der Waals surface area contributed by atoms with Gasteiger partial charge in [-0.3, -0.25) is 4.90 Å². The number of ether oxygens (including phenoxy) is 2. The third-order valence-corrected chi connectivity index (χ3v) is 9.64. The van der Waals surface area contributed by atoms with Gasteiger partial charge in [-0.1, -0.05) is 18.9 Å². The molecule has 6 rings (SSSR count). The smallest absolute Gasteiger partial charge is 0.0642 e. The summed E-state index contributed by atoms with van der Waals surface area (Å²) in [5, 5.41) is 0. The van der Waals surface area contributed by atoms with E-state index in [0.717, 1.165) is 58.5 Å². The molecule has 1 aromatic carbocycles. The molecule has 3 aliphatic heterocycles. The maximum Gasteiger partial charge on any atom is 0.0642 e. The first-order valence-electron chi connectivity index (χ1n) is 14.5. The van der Waals surface area contributed by atoms with Gasteiger partial charge in [0.15, 0.2) is 0 Å². The topological polar surface area (TPSA) is 28.2 Å². The van der Waals surface area contributed by atoms with E-state index >= 15 is 0 Å². The SMILES string of the molecule is C1=C(c2cc(N3CCOCC3)ccc2N2CCN(CC3CCOCC3)CC2)CCC2(C1)CCCC2.Cl. The van der Waals surface area contributed by atoms with Crippen LogP contribution in [0, 0.1) is 11.3 Å². The molecule has 2 aliphatic carbocycles. The van der Waals surface area contributed by atoms with E-state index < -0.39 is 0 Å². The summed E-state index contributed by atoms with van der Waals surface area (Å²) in [5.74, 6) is 0.828. The molecule has 0 N–H and O–H groups in total. The molecule has 0 atom stereocenters. The van der Waals surface area contributed by atoms with Crippen LogP contribution in [0.1, 0.15) is 63.4 Å². The Morgan fingerprint density at radius 1 is 0.806 bits per heavy atom. The second kappa shape index (κ2) is 12.1. The summed E-state index contributed by atoms with van der Waals surface area (Å²) in [6.07, 6.45) is 14.8. The molecule has 1 saturated carbocycles. The number of piperazine rings is 1. The van der Waals surface area contributed by atoms with Crippen molar-refractivity contribution in [2.75, 3.05) is 82.0 Å². The van der Waals surface area contributed by atoms with Gasteiger partial charge in [0.25, 0.3) is 0 Å². The van der Waals surface area contributed by atoms with Crippen LogP contribution in [0.3, 0.4) is 0 Å². The molecule has 3 heterocycles. The molecular weight excluding hydrogens is 470 g/mol. The monoisotopic (exact) mass is 515 g/mol. The van der Waals surface area contributed by atoms with Crippen LogP contribution in [0.25, 0.3) is 5.57 Å². The minimum Gasteiger partial charge on any atom is -0.381 e. The number of hydrogen-bond donors (Lipinski definition) is 0. The zero-order valence-corrected chi connectivity index (χ0v) is 22.9. The van der Waals surface area contributed by atoms with Gasteiger partial charge >= 0.3 is 0 Å². The quantitative estimate of drug-likeness (QED) is 0.507. The highest BCUT2D eigenvalue weighted by Gasteiger charge is 2.35. The van der Waals surface area contributed by atoms with Crippen molar-refractivity contribution in [3.05, 3.63) is 29.8 Å². The first-order valence-corrected chi connectivity index (χ1v) is 14.5. The van der Waals surface area contributed by atoms with Crippen molar-refractivity contribution in [2.24, 2.45) is 11.3 Å². The molecule has 0 bridgehead atoms. The van der Waals surface area contributed by atoms with Crippen molar-refractivity contribution in [3.63, 3.8) is 0 Å². The Kier molecular flexibility index (Phi) is 8.83. The van der Waals surface area contributed by atoms with Gasteiger partial charge in [-0.25, -0.2) is 0 Å². The first kappa shape index (κ1) is 26.3. The number of rotatable bonds is 5. The first-order chi connectivity index (χ1) is 17.3. The van der Waals surface area contributed by atoms with Crippen molar-refractivity contribution >= 4 is 29.4 Å². The van der Waals surface area contributed by atoms with Crippen LogP contribution in [-0.2, 0) is 9.47 Å². The van der Waals surface area contributed by atoms with E-state index in [1.807, 2.05) is 0 Å². The zero-order chi connectivity index (χ0) is 23.5. The number of halogens is 1. The molecule has 1 spiro atoms. The summed E-state index contributed by atoms with van der Waals surface area (Å²) in [6.45, 7) is 11.5. The molecule has 0 radical (unpaired) electrons. The van der Waals surface area contributed by atoms with E-state index in [0.29, 0.717) is 5.41 Å².